The number of aryl methyl sites for hydroxylation is 1. The Kier molecular flexibility index (Phi) is 3.96. The van der Waals surface area contributed by atoms with Gasteiger partial charge in [0.25, 0.3) is 5.56 Å². The van der Waals surface area contributed by atoms with Gasteiger partial charge in [0.1, 0.15) is 0 Å². The lowest BCUT2D eigenvalue weighted by atomic mass is 10.4. The molecular weight excluding hydrogens is 302 g/mol. The molecule has 0 amide bonds. The molecule has 6 heteroatoms. The standard InChI is InChI=1S/C11H12BrN3OS/c1-2-15-4-3-13-10(11(15)16)14-6-9-5-8(12)7-17-9/h3-5,7H,2,6H2,1H3,(H,13,14). The van der Waals surface area contributed by atoms with E-state index in [0.29, 0.717) is 18.9 Å². The van der Waals surface area contributed by atoms with Crippen molar-refractivity contribution in [1.82, 2.24) is 9.55 Å². The predicted molar refractivity (Wildman–Crippen MR) is 73.5 cm³/mol. The average Bonchev–Trinajstić information content (AvgIpc) is 2.74. The van der Waals surface area contributed by atoms with Gasteiger partial charge in [-0.1, -0.05) is 0 Å². The maximum atomic E-state index is 11.9. The lowest BCUT2D eigenvalue weighted by Crippen LogP contribution is -2.23. The molecule has 1 N–H and O–H groups in total. The normalized spacial score (nSPS) is 10.5. The van der Waals surface area contributed by atoms with Crippen molar-refractivity contribution in [1.29, 1.82) is 0 Å². The average molecular weight is 314 g/mol. The topological polar surface area (TPSA) is 46.9 Å². The molecule has 0 aliphatic rings. The molecule has 2 heterocycles. The number of hydrogen-bond acceptors (Lipinski definition) is 4. The van der Waals surface area contributed by atoms with E-state index in [-0.39, 0.29) is 5.56 Å². The van der Waals surface area contributed by atoms with Gasteiger partial charge in [0, 0.05) is 33.7 Å². The van der Waals surface area contributed by atoms with E-state index >= 15 is 0 Å². The molecule has 2 rings (SSSR count). The van der Waals surface area contributed by atoms with Crippen LogP contribution in [-0.4, -0.2) is 9.55 Å². The van der Waals surface area contributed by atoms with Gasteiger partial charge in [0.15, 0.2) is 5.82 Å². The first-order chi connectivity index (χ1) is 8.20. The molecule has 0 unspecified atom stereocenters. The van der Waals surface area contributed by atoms with Gasteiger partial charge >= 0.3 is 0 Å². The maximum Gasteiger partial charge on any atom is 0.293 e. The number of hydrogen-bond donors (Lipinski definition) is 1. The molecule has 0 aliphatic heterocycles. The summed E-state index contributed by atoms with van der Waals surface area (Å²) >= 11 is 5.04. The second kappa shape index (κ2) is 5.46. The minimum absolute atomic E-state index is 0.0781. The zero-order valence-corrected chi connectivity index (χ0v) is 11.7. The molecule has 4 nitrogen and oxygen atoms in total. The molecule has 0 saturated carbocycles. The fourth-order valence-electron chi connectivity index (χ4n) is 1.43. The fraction of sp³-hybridized carbons (Fsp3) is 0.273. The Bertz CT molecular complexity index is 564. The van der Waals surface area contributed by atoms with Gasteiger partial charge in [-0.05, 0) is 28.9 Å². The molecule has 2 aromatic rings. The summed E-state index contributed by atoms with van der Waals surface area (Å²) in [5, 5.41) is 5.08. The lowest BCUT2D eigenvalue weighted by Gasteiger charge is -2.05. The van der Waals surface area contributed by atoms with Crippen LogP contribution >= 0.6 is 27.3 Å². The highest BCUT2D eigenvalue weighted by Crippen LogP contribution is 2.19. The minimum Gasteiger partial charge on any atom is -0.361 e. The molecule has 0 atom stereocenters. The Labute approximate surface area is 111 Å². The van der Waals surface area contributed by atoms with Crippen LogP contribution in [0.15, 0.2) is 33.1 Å². The van der Waals surface area contributed by atoms with E-state index in [0.717, 1.165) is 9.35 Å². The van der Waals surface area contributed by atoms with E-state index in [2.05, 4.69) is 26.2 Å². The summed E-state index contributed by atoms with van der Waals surface area (Å²) < 4.78 is 2.69. The van der Waals surface area contributed by atoms with Crippen LogP contribution in [0, 0.1) is 0 Å². The minimum atomic E-state index is -0.0781. The predicted octanol–water partition coefficient (Wildman–Crippen LogP) is 2.70. The molecule has 0 aromatic carbocycles. The van der Waals surface area contributed by atoms with Crippen molar-refractivity contribution in [2.45, 2.75) is 20.0 Å². The molecule has 0 spiro atoms. The first-order valence-corrected chi connectivity index (χ1v) is 6.90. The highest BCUT2D eigenvalue weighted by atomic mass is 79.9. The van der Waals surface area contributed by atoms with Crippen molar-refractivity contribution < 1.29 is 0 Å². The van der Waals surface area contributed by atoms with E-state index in [9.17, 15) is 4.79 Å². The number of thiophene rings is 1. The van der Waals surface area contributed by atoms with Crippen LogP contribution < -0.4 is 10.9 Å². The zero-order valence-electron chi connectivity index (χ0n) is 9.31. The molecular formula is C11H12BrN3OS. The zero-order chi connectivity index (χ0) is 12.3. The highest BCUT2D eigenvalue weighted by molar-refractivity contribution is 9.10. The Hall–Kier alpha value is -1.14. The fourth-order valence-corrected chi connectivity index (χ4v) is 2.83. The summed E-state index contributed by atoms with van der Waals surface area (Å²) in [6.45, 7) is 3.20. The molecule has 90 valence electrons. The van der Waals surface area contributed by atoms with Crippen molar-refractivity contribution in [3.05, 3.63) is 43.5 Å². The van der Waals surface area contributed by atoms with Gasteiger partial charge in [-0.3, -0.25) is 4.79 Å². The molecule has 0 fully saturated rings. The van der Waals surface area contributed by atoms with E-state index in [1.54, 1.807) is 28.3 Å². The summed E-state index contributed by atoms with van der Waals surface area (Å²) in [5.74, 6) is 0.402. The Morgan fingerprint density at radius 1 is 1.59 bits per heavy atom. The number of halogens is 1. The molecule has 0 saturated heterocycles. The third-order valence-electron chi connectivity index (χ3n) is 2.31. The Balaban J connectivity index is 2.11. The van der Waals surface area contributed by atoms with Crippen LogP contribution in [0.1, 0.15) is 11.8 Å². The van der Waals surface area contributed by atoms with Gasteiger partial charge in [-0.25, -0.2) is 4.98 Å². The highest BCUT2D eigenvalue weighted by Gasteiger charge is 2.04. The lowest BCUT2D eigenvalue weighted by molar-refractivity contribution is 0.718. The van der Waals surface area contributed by atoms with E-state index < -0.39 is 0 Å². The van der Waals surface area contributed by atoms with Crippen molar-refractivity contribution in [2.24, 2.45) is 0 Å². The molecule has 0 aliphatic carbocycles. The first-order valence-electron chi connectivity index (χ1n) is 5.23. The smallest absolute Gasteiger partial charge is 0.293 e. The molecule has 2 aromatic heterocycles. The first kappa shape index (κ1) is 12.3. The van der Waals surface area contributed by atoms with Gasteiger partial charge in [-0.15, -0.1) is 11.3 Å². The second-order valence-corrected chi connectivity index (χ2v) is 5.36. The number of nitrogens with one attached hydrogen (secondary N) is 1. The Morgan fingerprint density at radius 2 is 2.41 bits per heavy atom. The largest absolute Gasteiger partial charge is 0.361 e. The SMILES string of the molecule is CCn1ccnc(NCc2cc(Br)cs2)c1=O. The van der Waals surface area contributed by atoms with Crippen LogP contribution in [0.5, 0.6) is 0 Å². The van der Waals surface area contributed by atoms with Crippen molar-refractivity contribution in [3.63, 3.8) is 0 Å². The summed E-state index contributed by atoms with van der Waals surface area (Å²) in [5.41, 5.74) is -0.0781. The second-order valence-electron chi connectivity index (χ2n) is 3.45. The van der Waals surface area contributed by atoms with E-state index in [1.807, 2.05) is 18.4 Å². The number of nitrogens with zero attached hydrogens (tertiary/aromatic N) is 2. The van der Waals surface area contributed by atoms with Crippen LogP contribution in [0.2, 0.25) is 0 Å². The third kappa shape index (κ3) is 2.95. The third-order valence-corrected chi connectivity index (χ3v) is 4.00. The summed E-state index contributed by atoms with van der Waals surface area (Å²) in [6.07, 6.45) is 3.33. The quantitative estimate of drug-likeness (QED) is 0.944. The maximum absolute atomic E-state index is 11.9. The van der Waals surface area contributed by atoms with Crippen molar-refractivity contribution in [3.8, 4) is 0 Å². The van der Waals surface area contributed by atoms with Crippen molar-refractivity contribution >= 4 is 33.1 Å². The molecule has 17 heavy (non-hydrogen) atoms. The van der Waals surface area contributed by atoms with E-state index in [4.69, 9.17) is 0 Å². The van der Waals surface area contributed by atoms with Gasteiger partial charge in [0.2, 0.25) is 0 Å². The van der Waals surface area contributed by atoms with Crippen molar-refractivity contribution in [2.75, 3.05) is 5.32 Å². The monoisotopic (exact) mass is 313 g/mol. The van der Waals surface area contributed by atoms with Crippen LogP contribution in [0.3, 0.4) is 0 Å². The van der Waals surface area contributed by atoms with Crippen LogP contribution in [-0.2, 0) is 13.1 Å². The van der Waals surface area contributed by atoms with E-state index in [1.165, 1.54) is 0 Å². The Morgan fingerprint density at radius 3 is 3.06 bits per heavy atom. The molecule has 0 bridgehead atoms. The van der Waals surface area contributed by atoms with Gasteiger partial charge in [0.05, 0.1) is 6.54 Å². The van der Waals surface area contributed by atoms with Gasteiger partial charge in [-0.2, -0.15) is 0 Å². The number of rotatable bonds is 4. The van der Waals surface area contributed by atoms with Crippen LogP contribution in [0.4, 0.5) is 5.82 Å². The summed E-state index contributed by atoms with van der Waals surface area (Å²) in [7, 11) is 0. The van der Waals surface area contributed by atoms with Gasteiger partial charge < -0.3 is 9.88 Å². The summed E-state index contributed by atoms with van der Waals surface area (Å²) in [6, 6.07) is 2.03. The summed E-state index contributed by atoms with van der Waals surface area (Å²) in [4.78, 5) is 17.1. The molecule has 0 radical (unpaired) electrons. The van der Waals surface area contributed by atoms with Crippen LogP contribution in [0.25, 0.3) is 0 Å². The number of anilines is 1. The number of aromatic nitrogens is 2.